The molecule has 2 aliphatic heterocycles. The molecule has 1 aromatic heterocycles. The third kappa shape index (κ3) is 4.33. The standard InChI is InChI=1S/C25H19N5O3S/c1-32-21-13-17(9-10-20(21)33-15-16-6-3-2-4-7-16)12-19-22(26)30-25(28-23(19)31)34-24(29-30)18-8-5-11-27-14-18/h2-14,26H,15H2,1H3/b19-12-,26-22?. The van der Waals surface area contributed by atoms with Gasteiger partial charge in [-0.05, 0) is 53.2 Å². The number of nitrogens with zero attached hydrogens (tertiary/aromatic N) is 4. The fourth-order valence-corrected chi connectivity index (χ4v) is 4.27. The maximum Gasteiger partial charge on any atom is 0.283 e. The predicted molar refractivity (Wildman–Crippen MR) is 132 cm³/mol. The molecule has 0 fully saturated rings. The minimum atomic E-state index is -0.491. The van der Waals surface area contributed by atoms with Crippen LogP contribution in [0.4, 0.5) is 0 Å². The van der Waals surface area contributed by atoms with Gasteiger partial charge < -0.3 is 9.47 Å². The summed E-state index contributed by atoms with van der Waals surface area (Å²) in [5.41, 5.74) is 2.66. The Labute approximate surface area is 200 Å². The number of hydrogen-bond donors (Lipinski definition) is 1. The number of amides is 1. The van der Waals surface area contributed by atoms with E-state index in [0.717, 1.165) is 11.1 Å². The number of aliphatic imine (C=N–C) groups is 1. The molecule has 9 heteroatoms. The van der Waals surface area contributed by atoms with E-state index in [0.29, 0.717) is 33.9 Å². The summed E-state index contributed by atoms with van der Waals surface area (Å²) < 4.78 is 11.4. The number of thioether (sulfide) groups is 1. The molecule has 2 aromatic carbocycles. The Hall–Kier alpha value is -4.24. The highest BCUT2D eigenvalue weighted by Gasteiger charge is 2.36. The van der Waals surface area contributed by atoms with Crippen LogP contribution < -0.4 is 9.47 Å². The second-order valence-corrected chi connectivity index (χ2v) is 8.31. The molecule has 5 rings (SSSR count). The lowest BCUT2D eigenvalue weighted by Gasteiger charge is -2.20. The van der Waals surface area contributed by atoms with Crippen LogP contribution in [0.15, 0.2) is 88.7 Å². The van der Waals surface area contributed by atoms with Crippen molar-refractivity contribution in [1.29, 1.82) is 5.41 Å². The summed E-state index contributed by atoms with van der Waals surface area (Å²) in [4.78, 5) is 21.0. The molecule has 1 amide bonds. The Bertz CT molecular complexity index is 1350. The van der Waals surface area contributed by atoms with E-state index in [-0.39, 0.29) is 11.4 Å². The van der Waals surface area contributed by atoms with Crippen molar-refractivity contribution in [3.05, 3.63) is 95.3 Å². The quantitative estimate of drug-likeness (QED) is 0.539. The van der Waals surface area contributed by atoms with E-state index in [9.17, 15) is 4.79 Å². The van der Waals surface area contributed by atoms with Crippen molar-refractivity contribution in [3.63, 3.8) is 0 Å². The fraction of sp³-hybridized carbons (Fsp3) is 0.0800. The van der Waals surface area contributed by atoms with Gasteiger partial charge in [0.2, 0.25) is 5.17 Å². The van der Waals surface area contributed by atoms with E-state index in [1.165, 1.54) is 16.8 Å². The molecule has 3 heterocycles. The summed E-state index contributed by atoms with van der Waals surface area (Å²) in [6.07, 6.45) is 4.96. The molecule has 0 aliphatic carbocycles. The molecule has 168 valence electrons. The lowest BCUT2D eigenvalue weighted by atomic mass is 10.1. The van der Waals surface area contributed by atoms with Crippen molar-refractivity contribution in [3.8, 4) is 11.5 Å². The van der Waals surface area contributed by atoms with Gasteiger partial charge in [0, 0.05) is 18.0 Å². The number of pyridine rings is 1. The summed E-state index contributed by atoms with van der Waals surface area (Å²) >= 11 is 1.24. The van der Waals surface area contributed by atoms with Gasteiger partial charge in [-0.3, -0.25) is 15.2 Å². The normalized spacial score (nSPS) is 16.3. The van der Waals surface area contributed by atoms with Gasteiger partial charge in [0.15, 0.2) is 17.3 Å². The SMILES string of the molecule is COc1cc(/C=C2/C(=N)N3N=C(c4cccnc4)SC3=NC2=O)ccc1OCc1ccccc1. The molecular weight excluding hydrogens is 450 g/mol. The summed E-state index contributed by atoms with van der Waals surface area (Å²) in [7, 11) is 1.56. The maximum atomic E-state index is 12.7. The van der Waals surface area contributed by atoms with Gasteiger partial charge in [-0.2, -0.15) is 15.1 Å². The summed E-state index contributed by atoms with van der Waals surface area (Å²) in [5, 5.41) is 15.4. The van der Waals surface area contributed by atoms with E-state index in [1.807, 2.05) is 36.4 Å². The molecule has 2 aliphatic rings. The number of carbonyl (C=O) groups is 1. The van der Waals surface area contributed by atoms with Crippen LogP contribution in [0.25, 0.3) is 6.08 Å². The average Bonchev–Trinajstić information content (AvgIpc) is 3.31. The molecule has 0 spiro atoms. The molecule has 3 aromatic rings. The minimum Gasteiger partial charge on any atom is -0.493 e. The van der Waals surface area contributed by atoms with Crippen molar-refractivity contribution in [1.82, 2.24) is 9.99 Å². The zero-order valence-electron chi connectivity index (χ0n) is 18.1. The van der Waals surface area contributed by atoms with Crippen LogP contribution in [0.3, 0.4) is 0 Å². The highest BCUT2D eigenvalue weighted by Crippen LogP contribution is 2.33. The van der Waals surface area contributed by atoms with E-state index < -0.39 is 5.91 Å². The first-order chi connectivity index (χ1) is 16.6. The molecule has 0 radical (unpaired) electrons. The number of benzene rings is 2. The molecule has 0 unspecified atom stereocenters. The smallest absolute Gasteiger partial charge is 0.283 e. The second-order valence-electron chi connectivity index (χ2n) is 7.35. The molecule has 0 saturated carbocycles. The largest absolute Gasteiger partial charge is 0.493 e. The van der Waals surface area contributed by atoms with E-state index in [1.54, 1.807) is 49.8 Å². The molecule has 0 bridgehead atoms. The van der Waals surface area contributed by atoms with Gasteiger partial charge in [0.25, 0.3) is 5.91 Å². The minimum absolute atomic E-state index is 0.0373. The number of fused-ring (bicyclic) bond motifs is 1. The van der Waals surface area contributed by atoms with Crippen LogP contribution >= 0.6 is 11.8 Å². The van der Waals surface area contributed by atoms with Crippen molar-refractivity contribution in [2.45, 2.75) is 6.61 Å². The van der Waals surface area contributed by atoms with Crippen LogP contribution in [0, 0.1) is 5.41 Å². The van der Waals surface area contributed by atoms with Crippen LogP contribution in [-0.4, -0.2) is 39.1 Å². The van der Waals surface area contributed by atoms with E-state index in [2.05, 4.69) is 15.1 Å². The lowest BCUT2D eigenvalue weighted by Crippen LogP contribution is -2.35. The molecule has 0 atom stereocenters. The first-order valence-electron chi connectivity index (χ1n) is 10.4. The van der Waals surface area contributed by atoms with Gasteiger partial charge in [-0.1, -0.05) is 36.4 Å². The number of nitrogens with one attached hydrogen (secondary N) is 1. The summed E-state index contributed by atoms with van der Waals surface area (Å²) in [6.45, 7) is 0.405. The van der Waals surface area contributed by atoms with Crippen molar-refractivity contribution in [2.24, 2.45) is 10.1 Å². The zero-order valence-corrected chi connectivity index (χ0v) is 19.0. The number of amidine groups is 2. The Kier molecular flexibility index (Phi) is 5.92. The number of hydrogen-bond acceptors (Lipinski definition) is 7. The molecular formula is C25H19N5O3S. The third-order valence-electron chi connectivity index (χ3n) is 5.10. The van der Waals surface area contributed by atoms with Crippen molar-refractivity contribution < 1.29 is 14.3 Å². The van der Waals surface area contributed by atoms with Crippen LogP contribution in [0.2, 0.25) is 0 Å². The van der Waals surface area contributed by atoms with Gasteiger partial charge in [0.05, 0.1) is 12.7 Å². The third-order valence-corrected chi connectivity index (χ3v) is 6.06. The maximum absolute atomic E-state index is 12.7. The molecule has 1 N–H and O–H groups in total. The first kappa shape index (κ1) is 21.6. The van der Waals surface area contributed by atoms with Crippen LogP contribution in [0.1, 0.15) is 16.7 Å². The molecule has 0 saturated heterocycles. The summed E-state index contributed by atoms with van der Waals surface area (Å²) in [6, 6.07) is 18.9. The fourth-order valence-electron chi connectivity index (χ4n) is 3.39. The number of methoxy groups -OCH3 is 1. The lowest BCUT2D eigenvalue weighted by molar-refractivity contribution is -0.114. The monoisotopic (exact) mass is 469 g/mol. The van der Waals surface area contributed by atoms with Crippen LogP contribution in [0.5, 0.6) is 11.5 Å². The topological polar surface area (TPSA) is 100 Å². The molecule has 34 heavy (non-hydrogen) atoms. The number of ether oxygens (including phenoxy) is 2. The number of rotatable bonds is 6. The number of carbonyl (C=O) groups excluding carboxylic acids is 1. The van der Waals surface area contributed by atoms with Gasteiger partial charge in [-0.25, -0.2) is 0 Å². The van der Waals surface area contributed by atoms with Crippen LogP contribution in [-0.2, 0) is 11.4 Å². The Balaban J connectivity index is 1.38. The Morgan fingerprint density at radius 1 is 1.09 bits per heavy atom. The Morgan fingerprint density at radius 3 is 2.71 bits per heavy atom. The highest BCUT2D eigenvalue weighted by molar-refractivity contribution is 8.27. The Morgan fingerprint density at radius 2 is 1.94 bits per heavy atom. The number of aromatic nitrogens is 1. The number of hydrazone groups is 1. The second kappa shape index (κ2) is 9.32. The van der Waals surface area contributed by atoms with Gasteiger partial charge >= 0.3 is 0 Å². The van der Waals surface area contributed by atoms with E-state index >= 15 is 0 Å². The molecule has 8 nitrogen and oxygen atoms in total. The predicted octanol–water partition coefficient (Wildman–Crippen LogP) is 4.34. The zero-order chi connectivity index (χ0) is 23.5. The van der Waals surface area contributed by atoms with Crippen molar-refractivity contribution >= 4 is 39.8 Å². The summed E-state index contributed by atoms with van der Waals surface area (Å²) in [5.74, 6) is 0.581. The van der Waals surface area contributed by atoms with Gasteiger partial charge in [0.1, 0.15) is 11.7 Å². The first-order valence-corrected chi connectivity index (χ1v) is 11.2. The average molecular weight is 470 g/mol. The van der Waals surface area contributed by atoms with E-state index in [4.69, 9.17) is 14.9 Å². The van der Waals surface area contributed by atoms with Gasteiger partial charge in [-0.15, -0.1) is 0 Å². The highest BCUT2D eigenvalue weighted by atomic mass is 32.2. The van der Waals surface area contributed by atoms with Crippen molar-refractivity contribution in [2.75, 3.05) is 7.11 Å².